The van der Waals surface area contributed by atoms with Gasteiger partial charge < -0.3 is 4.74 Å². The second kappa shape index (κ2) is 5.25. The minimum atomic E-state index is -0.317. The summed E-state index contributed by atoms with van der Waals surface area (Å²) >= 11 is 5.88. The topological polar surface area (TPSA) is 57.0 Å². The van der Waals surface area contributed by atoms with Gasteiger partial charge in [0.2, 0.25) is 0 Å². The largest absolute Gasteiger partial charge is 0.468 e. The summed E-state index contributed by atoms with van der Waals surface area (Å²) in [5.74, 6) is 0.740. The summed E-state index contributed by atoms with van der Waals surface area (Å²) in [4.78, 5) is 16.3. The summed E-state index contributed by atoms with van der Waals surface area (Å²) in [6.45, 7) is 0.781. The second-order valence-electron chi connectivity index (χ2n) is 4.74. The number of hydrogen-bond acceptors (Lipinski definition) is 4. The molecule has 1 aliphatic rings. The maximum atomic E-state index is 11.8. The lowest BCUT2D eigenvalue weighted by Crippen LogP contribution is -2.24. The van der Waals surface area contributed by atoms with E-state index in [1.54, 1.807) is 16.8 Å². The van der Waals surface area contributed by atoms with Crippen molar-refractivity contribution in [3.63, 3.8) is 0 Å². The van der Waals surface area contributed by atoms with Gasteiger partial charge in [-0.05, 0) is 37.1 Å². The molecule has 0 bridgehead atoms. The first-order chi connectivity index (χ1) is 9.69. The van der Waals surface area contributed by atoms with Crippen LogP contribution in [0, 0.1) is 0 Å². The lowest BCUT2D eigenvalue weighted by molar-refractivity contribution is -0.143. The van der Waals surface area contributed by atoms with E-state index < -0.39 is 0 Å². The van der Waals surface area contributed by atoms with Crippen LogP contribution in [0.25, 0.3) is 11.4 Å². The Hall–Kier alpha value is -1.88. The van der Waals surface area contributed by atoms with E-state index in [2.05, 4.69) is 10.1 Å². The predicted octanol–water partition coefficient (Wildman–Crippen LogP) is 2.65. The minimum absolute atomic E-state index is 0.249. The Balaban J connectivity index is 1.99. The van der Waals surface area contributed by atoms with Crippen molar-refractivity contribution in [2.24, 2.45) is 0 Å². The van der Waals surface area contributed by atoms with Crippen LogP contribution >= 0.6 is 11.6 Å². The molecular formula is C14H14ClN3O2. The molecule has 0 fully saturated rings. The van der Waals surface area contributed by atoms with Crippen molar-refractivity contribution in [2.75, 3.05) is 7.11 Å². The molecule has 1 atom stereocenters. The van der Waals surface area contributed by atoms with Crippen LogP contribution in [0.4, 0.5) is 0 Å². The molecule has 104 valence electrons. The Kier molecular flexibility index (Phi) is 3.44. The number of carbonyl (C=O) groups is 1. The summed E-state index contributed by atoms with van der Waals surface area (Å²) in [5.41, 5.74) is 0.889. The Morgan fingerprint density at radius 1 is 1.40 bits per heavy atom. The predicted molar refractivity (Wildman–Crippen MR) is 74.5 cm³/mol. The number of rotatable bonds is 2. The van der Waals surface area contributed by atoms with Crippen molar-refractivity contribution < 1.29 is 9.53 Å². The second-order valence-corrected chi connectivity index (χ2v) is 5.18. The van der Waals surface area contributed by atoms with Crippen molar-refractivity contribution in [3.05, 3.63) is 35.1 Å². The first-order valence-electron chi connectivity index (χ1n) is 6.47. The molecule has 0 radical (unpaired) electrons. The van der Waals surface area contributed by atoms with E-state index in [0.29, 0.717) is 16.7 Å². The van der Waals surface area contributed by atoms with E-state index >= 15 is 0 Å². The number of benzene rings is 1. The maximum Gasteiger partial charge on any atom is 0.316 e. The highest BCUT2D eigenvalue weighted by atomic mass is 35.5. The molecule has 20 heavy (non-hydrogen) atoms. The molecule has 0 aliphatic carbocycles. The van der Waals surface area contributed by atoms with E-state index in [1.165, 1.54) is 7.11 Å². The SMILES string of the molecule is COC(=O)C1CCCn2nc(-c3ccc(Cl)cc3)nc21. The molecule has 2 heterocycles. The van der Waals surface area contributed by atoms with Crippen molar-refractivity contribution in [2.45, 2.75) is 25.3 Å². The van der Waals surface area contributed by atoms with E-state index in [1.807, 2.05) is 12.1 Å². The molecule has 1 unspecified atom stereocenters. The van der Waals surface area contributed by atoms with E-state index in [0.717, 1.165) is 24.9 Å². The monoisotopic (exact) mass is 291 g/mol. The molecule has 1 aromatic heterocycles. The summed E-state index contributed by atoms with van der Waals surface area (Å²) in [6.07, 6.45) is 1.65. The van der Waals surface area contributed by atoms with Gasteiger partial charge in [0.1, 0.15) is 11.7 Å². The third kappa shape index (κ3) is 2.29. The van der Waals surface area contributed by atoms with Gasteiger partial charge in [0.15, 0.2) is 5.82 Å². The van der Waals surface area contributed by atoms with Gasteiger partial charge in [0.25, 0.3) is 0 Å². The summed E-state index contributed by atoms with van der Waals surface area (Å²) in [6, 6.07) is 7.34. The van der Waals surface area contributed by atoms with Crippen LogP contribution in [-0.4, -0.2) is 27.8 Å². The van der Waals surface area contributed by atoms with Gasteiger partial charge in [-0.15, -0.1) is 0 Å². The zero-order chi connectivity index (χ0) is 14.1. The highest BCUT2D eigenvalue weighted by Crippen LogP contribution is 2.29. The third-order valence-corrected chi connectivity index (χ3v) is 3.71. The standard InChI is InChI=1S/C14H14ClN3O2/c1-20-14(19)11-3-2-8-18-13(11)16-12(17-18)9-4-6-10(15)7-5-9/h4-7,11H,2-3,8H2,1H3. The molecule has 0 N–H and O–H groups in total. The molecule has 2 aromatic rings. The average Bonchev–Trinajstić information content (AvgIpc) is 2.91. The van der Waals surface area contributed by atoms with Gasteiger partial charge in [-0.2, -0.15) is 5.10 Å². The normalized spacial score (nSPS) is 17.6. The Bertz CT molecular complexity index is 636. The summed E-state index contributed by atoms with van der Waals surface area (Å²) in [5, 5.41) is 5.14. The van der Waals surface area contributed by atoms with Crippen molar-refractivity contribution in [1.82, 2.24) is 14.8 Å². The zero-order valence-electron chi connectivity index (χ0n) is 11.0. The lowest BCUT2D eigenvalue weighted by Gasteiger charge is -2.19. The molecule has 5 nitrogen and oxygen atoms in total. The molecule has 0 saturated heterocycles. The Labute approximate surface area is 121 Å². The zero-order valence-corrected chi connectivity index (χ0v) is 11.8. The van der Waals surface area contributed by atoms with E-state index in [9.17, 15) is 4.79 Å². The number of halogens is 1. The number of aryl methyl sites for hydroxylation is 1. The van der Waals surface area contributed by atoms with Gasteiger partial charge >= 0.3 is 5.97 Å². The van der Waals surface area contributed by atoms with Crippen molar-refractivity contribution >= 4 is 17.6 Å². The minimum Gasteiger partial charge on any atom is -0.468 e. The highest BCUT2D eigenvalue weighted by Gasteiger charge is 2.31. The fourth-order valence-corrected chi connectivity index (χ4v) is 2.56. The van der Waals surface area contributed by atoms with Crippen LogP contribution in [0.15, 0.2) is 24.3 Å². The number of hydrogen-bond donors (Lipinski definition) is 0. The first kappa shape index (κ1) is 13.1. The van der Waals surface area contributed by atoms with Crippen molar-refractivity contribution in [3.8, 4) is 11.4 Å². The number of carbonyl (C=O) groups excluding carboxylic acids is 1. The Morgan fingerprint density at radius 3 is 2.85 bits per heavy atom. The molecule has 0 spiro atoms. The number of methoxy groups -OCH3 is 1. The fourth-order valence-electron chi connectivity index (χ4n) is 2.44. The highest BCUT2D eigenvalue weighted by molar-refractivity contribution is 6.30. The maximum absolute atomic E-state index is 11.8. The van der Waals surface area contributed by atoms with Crippen LogP contribution in [0.2, 0.25) is 5.02 Å². The van der Waals surface area contributed by atoms with Gasteiger partial charge in [-0.25, -0.2) is 9.67 Å². The van der Waals surface area contributed by atoms with Crippen LogP contribution < -0.4 is 0 Å². The third-order valence-electron chi connectivity index (χ3n) is 3.46. The van der Waals surface area contributed by atoms with Gasteiger partial charge in [0.05, 0.1) is 7.11 Å². The number of aromatic nitrogens is 3. The summed E-state index contributed by atoms with van der Waals surface area (Å²) < 4.78 is 6.64. The molecule has 3 rings (SSSR count). The molecule has 1 aromatic carbocycles. The first-order valence-corrected chi connectivity index (χ1v) is 6.85. The number of esters is 1. The van der Waals surface area contributed by atoms with Crippen molar-refractivity contribution in [1.29, 1.82) is 0 Å². The number of ether oxygens (including phenoxy) is 1. The average molecular weight is 292 g/mol. The van der Waals surface area contributed by atoms with Gasteiger partial charge in [-0.3, -0.25) is 4.79 Å². The van der Waals surface area contributed by atoms with Gasteiger partial charge in [-0.1, -0.05) is 11.6 Å². The van der Waals surface area contributed by atoms with Crippen LogP contribution in [-0.2, 0) is 16.1 Å². The van der Waals surface area contributed by atoms with Crippen LogP contribution in [0.3, 0.4) is 0 Å². The lowest BCUT2D eigenvalue weighted by atomic mass is 9.99. The number of nitrogens with zero attached hydrogens (tertiary/aromatic N) is 3. The number of fused-ring (bicyclic) bond motifs is 1. The fraction of sp³-hybridized carbons (Fsp3) is 0.357. The van der Waals surface area contributed by atoms with E-state index in [4.69, 9.17) is 16.3 Å². The van der Waals surface area contributed by atoms with E-state index in [-0.39, 0.29) is 11.9 Å². The van der Waals surface area contributed by atoms with Crippen LogP contribution in [0.1, 0.15) is 24.6 Å². The molecular weight excluding hydrogens is 278 g/mol. The molecule has 6 heteroatoms. The Morgan fingerprint density at radius 2 is 2.15 bits per heavy atom. The molecule has 1 aliphatic heterocycles. The smallest absolute Gasteiger partial charge is 0.316 e. The quantitative estimate of drug-likeness (QED) is 0.798. The summed E-state index contributed by atoms with van der Waals surface area (Å²) in [7, 11) is 1.40. The van der Waals surface area contributed by atoms with Crippen LogP contribution in [0.5, 0.6) is 0 Å². The van der Waals surface area contributed by atoms with Gasteiger partial charge in [0, 0.05) is 17.1 Å². The molecule has 0 amide bonds. The molecule has 0 saturated carbocycles.